The van der Waals surface area contributed by atoms with Gasteiger partial charge in [0.2, 0.25) is 0 Å². The molecule has 2 heterocycles. The Bertz CT molecular complexity index is 841. The van der Waals surface area contributed by atoms with E-state index in [1.54, 1.807) is 0 Å². The number of rotatable bonds is 5. The zero-order valence-electron chi connectivity index (χ0n) is 15.1. The number of halogens is 1. The molecule has 2 aromatic heterocycles. The van der Waals surface area contributed by atoms with E-state index >= 15 is 0 Å². The van der Waals surface area contributed by atoms with Crippen molar-refractivity contribution in [2.24, 2.45) is 0 Å². The number of hydrogen-bond acceptors (Lipinski definition) is 5. The number of nitrogens with one attached hydrogen (secondary N) is 1. The molecule has 0 unspecified atom stereocenters. The number of nitrogens with zero attached hydrogens (tertiary/aromatic N) is 2. The number of anilines is 1. The Kier molecular flexibility index (Phi) is 5.67. The zero-order valence-corrected chi connectivity index (χ0v) is 16.7. The summed E-state index contributed by atoms with van der Waals surface area (Å²) in [5, 5.41) is 7.79. The molecule has 2 aromatic rings. The third-order valence-electron chi connectivity index (χ3n) is 4.25. The second-order valence-corrected chi connectivity index (χ2v) is 7.99. The van der Waals surface area contributed by atoms with Crippen molar-refractivity contribution in [2.75, 3.05) is 5.32 Å². The van der Waals surface area contributed by atoms with Crippen LogP contribution in [0.1, 0.15) is 64.9 Å². The lowest BCUT2D eigenvalue weighted by atomic mass is 9.95. The minimum absolute atomic E-state index is 0.221. The summed E-state index contributed by atoms with van der Waals surface area (Å²) in [5.41, 5.74) is 1.80. The predicted molar refractivity (Wildman–Crippen MR) is 102 cm³/mol. The van der Waals surface area contributed by atoms with Crippen molar-refractivity contribution in [3.63, 3.8) is 0 Å². The minimum atomic E-state index is -0.384. The number of hydrogen-bond donors (Lipinski definition) is 1. The number of aryl methyl sites for hydroxylation is 2. The molecular formula is C18H22ClN3O3S. The second-order valence-electron chi connectivity index (χ2n) is 6.48. The maximum atomic E-state index is 12.8. The van der Waals surface area contributed by atoms with E-state index in [2.05, 4.69) is 10.4 Å². The van der Waals surface area contributed by atoms with Gasteiger partial charge in [0, 0.05) is 11.4 Å². The molecule has 8 heteroatoms. The Morgan fingerprint density at radius 3 is 2.81 bits per heavy atom. The number of fused-ring (bicyclic) bond motifs is 1. The van der Waals surface area contributed by atoms with Crippen LogP contribution in [0.4, 0.5) is 5.00 Å². The van der Waals surface area contributed by atoms with Crippen LogP contribution in [0.2, 0.25) is 5.02 Å². The number of amides is 1. The van der Waals surface area contributed by atoms with Gasteiger partial charge in [-0.05, 0) is 52.0 Å². The van der Waals surface area contributed by atoms with E-state index in [0.29, 0.717) is 22.8 Å². The second kappa shape index (κ2) is 7.80. The number of carbonyl (C=O) groups excluding carboxylic acids is 2. The summed E-state index contributed by atoms with van der Waals surface area (Å²) in [6, 6.07) is 0. The molecule has 0 radical (unpaired) electrons. The van der Waals surface area contributed by atoms with Crippen LogP contribution in [-0.2, 0) is 24.1 Å². The lowest BCUT2D eigenvalue weighted by molar-refractivity contribution is 0.0378. The Hall–Kier alpha value is -1.86. The first kappa shape index (κ1) is 18.9. The van der Waals surface area contributed by atoms with Gasteiger partial charge in [-0.2, -0.15) is 5.10 Å². The molecule has 3 rings (SSSR count). The van der Waals surface area contributed by atoms with Crippen molar-refractivity contribution in [3.05, 3.63) is 32.9 Å². The summed E-state index contributed by atoms with van der Waals surface area (Å²) < 4.78 is 6.95. The Morgan fingerprint density at radius 2 is 2.12 bits per heavy atom. The van der Waals surface area contributed by atoms with Gasteiger partial charge >= 0.3 is 5.97 Å². The molecule has 0 aromatic carbocycles. The molecule has 1 N–H and O–H groups in total. The third-order valence-corrected chi connectivity index (χ3v) is 5.74. The summed E-state index contributed by atoms with van der Waals surface area (Å²) in [7, 11) is 0. The number of thiophene rings is 1. The number of carbonyl (C=O) groups is 2. The smallest absolute Gasteiger partial charge is 0.341 e. The van der Waals surface area contributed by atoms with Gasteiger partial charge < -0.3 is 10.1 Å². The van der Waals surface area contributed by atoms with E-state index in [4.69, 9.17) is 16.3 Å². The molecule has 0 aliphatic heterocycles. The molecule has 1 aliphatic carbocycles. The molecule has 140 valence electrons. The fourth-order valence-corrected chi connectivity index (χ4v) is 4.63. The predicted octanol–water partition coefficient (Wildman–Crippen LogP) is 4.31. The first-order valence-corrected chi connectivity index (χ1v) is 10.00. The van der Waals surface area contributed by atoms with E-state index in [0.717, 1.165) is 36.1 Å². The van der Waals surface area contributed by atoms with Crippen molar-refractivity contribution >= 4 is 39.8 Å². The van der Waals surface area contributed by atoms with E-state index < -0.39 is 0 Å². The summed E-state index contributed by atoms with van der Waals surface area (Å²) in [5.74, 6) is -0.753. The van der Waals surface area contributed by atoms with Gasteiger partial charge in [0.1, 0.15) is 10.7 Å². The van der Waals surface area contributed by atoms with E-state index in [1.165, 1.54) is 22.2 Å². The van der Waals surface area contributed by atoms with Crippen LogP contribution in [0.3, 0.4) is 0 Å². The van der Waals surface area contributed by atoms with Crippen molar-refractivity contribution in [2.45, 2.75) is 59.1 Å². The van der Waals surface area contributed by atoms with E-state index in [-0.39, 0.29) is 23.0 Å². The zero-order chi connectivity index (χ0) is 18.8. The average molecular weight is 396 g/mol. The van der Waals surface area contributed by atoms with Crippen LogP contribution >= 0.6 is 22.9 Å². The van der Waals surface area contributed by atoms with Crippen LogP contribution in [-0.4, -0.2) is 27.8 Å². The van der Waals surface area contributed by atoms with Gasteiger partial charge in [-0.25, -0.2) is 4.79 Å². The highest BCUT2D eigenvalue weighted by Crippen LogP contribution is 2.39. The van der Waals surface area contributed by atoms with Gasteiger partial charge in [-0.3, -0.25) is 9.48 Å². The van der Waals surface area contributed by atoms with Crippen LogP contribution in [0.15, 0.2) is 6.20 Å². The average Bonchev–Trinajstić information content (AvgIpc) is 3.13. The molecule has 6 nitrogen and oxygen atoms in total. The largest absolute Gasteiger partial charge is 0.459 e. The minimum Gasteiger partial charge on any atom is -0.459 e. The molecular weight excluding hydrogens is 374 g/mol. The van der Waals surface area contributed by atoms with Gasteiger partial charge in [0.15, 0.2) is 0 Å². The molecule has 0 spiro atoms. The summed E-state index contributed by atoms with van der Waals surface area (Å²) in [6.07, 6.45) is 5.11. The fourth-order valence-electron chi connectivity index (χ4n) is 3.13. The lowest BCUT2D eigenvalue weighted by Gasteiger charge is -2.14. The maximum Gasteiger partial charge on any atom is 0.341 e. The molecule has 0 saturated heterocycles. The molecule has 26 heavy (non-hydrogen) atoms. The topological polar surface area (TPSA) is 73.2 Å². The van der Waals surface area contributed by atoms with Crippen LogP contribution in [0, 0.1) is 0 Å². The van der Waals surface area contributed by atoms with Gasteiger partial charge in [0.25, 0.3) is 5.91 Å². The molecule has 0 atom stereocenters. The Morgan fingerprint density at radius 1 is 1.38 bits per heavy atom. The maximum absolute atomic E-state index is 12.8. The Labute approximate surface area is 161 Å². The van der Waals surface area contributed by atoms with Crippen molar-refractivity contribution < 1.29 is 14.3 Å². The van der Waals surface area contributed by atoms with Crippen LogP contribution in [0.25, 0.3) is 0 Å². The van der Waals surface area contributed by atoms with Crippen molar-refractivity contribution in [1.82, 2.24) is 9.78 Å². The standard InChI is InChI=1S/C18H22ClN3O3S/c1-4-22-15(12(19)9-20-22)16(23)21-17-14(18(24)25-10(2)3)11-7-5-6-8-13(11)26-17/h9-10H,4-8H2,1-3H3,(H,21,23). The highest BCUT2D eigenvalue weighted by molar-refractivity contribution is 7.17. The molecule has 1 amide bonds. The number of esters is 1. The first-order valence-electron chi connectivity index (χ1n) is 8.80. The lowest BCUT2D eigenvalue weighted by Crippen LogP contribution is -2.20. The van der Waals surface area contributed by atoms with E-state index in [9.17, 15) is 9.59 Å². The third kappa shape index (κ3) is 3.64. The van der Waals surface area contributed by atoms with Crippen molar-refractivity contribution in [3.8, 4) is 0 Å². The number of aromatic nitrogens is 2. The monoisotopic (exact) mass is 395 g/mol. The van der Waals surface area contributed by atoms with Crippen LogP contribution < -0.4 is 5.32 Å². The highest BCUT2D eigenvalue weighted by Gasteiger charge is 2.29. The quantitative estimate of drug-likeness (QED) is 0.765. The first-order chi connectivity index (χ1) is 12.4. The van der Waals surface area contributed by atoms with Gasteiger partial charge in [-0.15, -0.1) is 11.3 Å². The molecule has 1 aliphatic rings. The summed E-state index contributed by atoms with van der Waals surface area (Å²) in [6.45, 7) is 6.04. The molecule has 0 bridgehead atoms. The number of ether oxygens (including phenoxy) is 1. The normalized spacial score (nSPS) is 13.6. The van der Waals surface area contributed by atoms with Crippen molar-refractivity contribution in [1.29, 1.82) is 0 Å². The highest BCUT2D eigenvalue weighted by atomic mass is 35.5. The molecule has 0 saturated carbocycles. The van der Waals surface area contributed by atoms with Gasteiger partial charge in [-0.1, -0.05) is 11.6 Å². The summed E-state index contributed by atoms with van der Waals surface area (Å²) >= 11 is 7.58. The van der Waals surface area contributed by atoms with Gasteiger partial charge in [0.05, 0.1) is 22.9 Å². The summed E-state index contributed by atoms with van der Waals surface area (Å²) in [4.78, 5) is 26.6. The van der Waals surface area contributed by atoms with E-state index in [1.807, 2.05) is 20.8 Å². The SMILES string of the molecule is CCn1ncc(Cl)c1C(=O)Nc1sc2c(c1C(=O)OC(C)C)CCCC2. The molecule has 0 fully saturated rings. The fraction of sp³-hybridized carbons (Fsp3) is 0.500. The van der Waals surface area contributed by atoms with Crippen LogP contribution in [0.5, 0.6) is 0 Å². The Balaban J connectivity index is 1.96.